The highest BCUT2D eigenvalue weighted by atomic mass is 32.1. The Kier molecular flexibility index (Phi) is 3.94. The maximum Gasteiger partial charge on any atom is 0.120 e. The zero-order valence-corrected chi connectivity index (χ0v) is 11.0. The number of benzene rings is 1. The molecule has 94 valence electrons. The molecule has 5 heteroatoms. The van der Waals surface area contributed by atoms with Gasteiger partial charge in [-0.1, -0.05) is 24.4 Å². The largest absolute Gasteiger partial charge is 0.492 e. The fourth-order valence-electron chi connectivity index (χ4n) is 1.58. The van der Waals surface area contributed by atoms with Crippen molar-refractivity contribution in [1.29, 1.82) is 0 Å². The number of ether oxygens (including phenoxy) is 1. The van der Waals surface area contributed by atoms with Crippen LogP contribution in [0.15, 0.2) is 36.5 Å². The second-order valence-corrected chi connectivity index (χ2v) is 4.40. The van der Waals surface area contributed by atoms with Crippen LogP contribution in [0.1, 0.15) is 11.3 Å². The lowest BCUT2D eigenvalue weighted by Gasteiger charge is -2.07. The molecule has 0 unspecified atom stereocenters. The van der Waals surface area contributed by atoms with E-state index in [2.05, 4.69) is 5.10 Å². The highest BCUT2D eigenvalue weighted by molar-refractivity contribution is 7.80. The van der Waals surface area contributed by atoms with E-state index in [0.29, 0.717) is 18.1 Å². The minimum atomic E-state index is 0.378. The average Bonchev–Trinajstić information content (AvgIpc) is 2.75. The maximum atomic E-state index is 5.63. The standard InChI is InChI=1S/C13H15N3OS/c1-10-5-6-16(15-10)7-8-17-12-4-2-3-11(9-12)13(14)18/h2-6,9H,7-8H2,1H3,(H2,14,18). The maximum absolute atomic E-state index is 5.63. The fourth-order valence-corrected chi connectivity index (χ4v) is 1.71. The van der Waals surface area contributed by atoms with Gasteiger partial charge in [0.2, 0.25) is 0 Å². The number of nitrogens with zero attached hydrogens (tertiary/aromatic N) is 2. The SMILES string of the molecule is Cc1ccn(CCOc2cccc(C(N)=S)c2)n1. The number of nitrogens with two attached hydrogens (primary N) is 1. The Hall–Kier alpha value is -1.88. The van der Waals surface area contributed by atoms with Crippen LogP contribution in [0.4, 0.5) is 0 Å². The highest BCUT2D eigenvalue weighted by Crippen LogP contribution is 2.13. The second-order valence-electron chi connectivity index (χ2n) is 3.96. The molecule has 2 N–H and O–H groups in total. The first-order valence-electron chi connectivity index (χ1n) is 5.68. The lowest BCUT2D eigenvalue weighted by Crippen LogP contribution is -2.11. The summed E-state index contributed by atoms with van der Waals surface area (Å²) >= 11 is 4.92. The number of thiocarbonyl (C=S) groups is 1. The van der Waals surface area contributed by atoms with E-state index in [1.165, 1.54) is 0 Å². The second kappa shape index (κ2) is 5.64. The van der Waals surface area contributed by atoms with Crippen molar-refractivity contribution < 1.29 is 4.74 Å². The van der Waals surface area contributed by atoms with Crippen molar-refractivity contribution in [3.8, 4) is 5.75 Å². The van der Waals surface area contributed by atoms with Crippen LogP contribution < -0.4 is 10.5 Å². The molecule has 1 aromatic heterocycles. The van der Waals surface area contributed by atoms with E-state index in [9.17, 15) is 0 Å². The van der Waals surface area contributed by atoms with Crippen LogP contribution in [0, 0.1) is 6.92 Å². The van der Waals surface area contributed by atoms with Crippen molar-refractivity contribution in [1.82, 2.24) is 9.78 Å². The Balaban J connectivity index is 1.90. The molecule has 1 aromatic carbocycles. The third-order valence-electron chi connectivity index (χ3n) is 2.48. The van der Waals surface area contributed by atoms with Crippen LogP contribution in [0.5, 0.6) is 5.75 Å². The molecular formula is C13H15N3OS. The molecular weight excluding hydrogens is 246 g/mol. The average molecular weight is 261 g/mol. The van der Waals surface area contributed by atoms with Gasteiger partial charge in [0, 0.05) is 11.8 Å². The first kappa shape index (κ1) is 12.6. The van der Waals surface area contributed by atoms with Crippen molar-refractivity contribution in [3.63, 3.8) is 0 Å². The van der Waals surface area contributed by atoms with E-state index in [-0.39, 0.29) is 0 Å². The van der Waals surface area contributed by atoms with Crippen molar-refractivity contribution in [2.45, 2.75) is 13.5 Å². The van der Waals surface area contributed by atoms with Crippen LogP contribution in [0.25, 0.3) is 0 Å². The Morgan fingerprint density at radius 3 is 2.94 bits per heavy atom. The van der Waals surface area contributed by atoms with E-state index in [1.807, 2.05) is 48.1 Å². The van der Waals surface area contributed by atoms with Crippen molar-refractivity contribution >= 4 is 17.2 Å². The molecule has 4 nitrogen and oxygen atoms in total. The molecule has 0 fully saturated rings. The number of aromatic nitrogens is 2. The summed E-state index contributed by atoms with van der Waals surface area (Å²) in [6.07, 6.45) is 1.93. The Bertz CT molecular complexity index is 551. The van der Waals surface area contributed by atoms with E-state index in [4.69, 9.17) is 22.7 Å². The normalized spacial score (nSPS) is 10.3. The van der Waals surface area contributed by atoms with Crippen molar-refractivity contribution in [2.75, 3.05) is 6.61 Å². The molecule has 2 aromatic rings. The van der Waals surface area contributed by atoms with Crippen LogP contribution in [0.3, 0.4) is 0 Å². The summed E-state index contributed by atoms with van der Waals surface area (Å²) in [5.74, 6) is 0.768. The van der Waals surface area contributed by atoms with E-state index < -0.39 is 0 Å². The minimum absolute atomic E-state index is 0.378. The van der Waals surface area contributed by atoms with Crippen molar-refractivity contribution in [2.24, 2.45) is 5.73 Å². The Morgan fingerprint density at radius 2 is 2.28 bits per heavy atom. The van der Waals surface area contributed by atoms with Gasteiger partial charge in [0.25, 0.3) is 0 Å². The van der Waals surface area contributed by atoms with Crippen LogP contribution >= 0.6 is 12.2 Å². The van der Waals surface area contributed by atoms with Gasteiger partial charge in [-0.2, -0.15) is 5.10 Å². The molecule has 0 spiro atoms. The van der Waals surface area contributed by atoms with Gasteiger partial charge in [0.1, 0.15) is 17.3 Å². The first-order chi connectivity index (χ1) is 8.65. The quantitative estimate of drug-likeness (QED) is 0.835. The van der Waals surface area contributed by atoms with Gasteiger partial charge in [-0.15, -0.1) is 0 Å². The summed E-state index contributed by atoms with van der Waals surface area (Å²) in [6.45, 7) is 3.23. The van der Waals surface area contributed by atoms with Crippen LogP contribution in [-0.2, 0) is 6.54 Å². The predicted octanol–water partition coefficient (Wildman–Crippen LogP) is 1.90. The topological polar surface area (TPSA) is 53.1 Å². The summed E-state index contributed by atoms with van der Waals surface area (Å²) in [7, 11) is 0. The molecule has 0 amide bonds. The molecule has 0 saturated heterocycles. The molecule has 0 aliphatic heterocycles. The number of hydrogen-bond acceptors (Lipinski definition) is 3. The molecule has 18 heavy (non-hydrogen) atoms. The van der Waals surface area contributed by atoms with E-state index >= 15 is 0 Å². The minimum Gasteiger partial charge on any atom is -0.492 e. The van der Waals surface area contributed by atoms with Gasteiger partial charge in [0.15, 0.2) is 0 Å². The number of aryl methyl sites for hydroxylation is 1. The van der Waals surface area contributed by atoms with Gasteiger partial charge in [-0.25, -0.2) is 0 Å². The zero-order chi connectivity index (χ0) is 13.0. The fraction of sp³-hybridized carbons (Fsp3) is 0.231. The first-order valence-corrected chi connectivity index (χ1v) is 6.09. The molecule has 0 atom stereocenters. The lowest BCUT2D eigenvalue weighted by atomic mass is 10.2. The smallest absolute Gasteiger partial charge is 0.120 e. The predicted molar refractivity (Wildman–Crippen MR) is 74.8 cm³/mol. The van der Waals surface area contributed by atoms with E-state index in [0.717, 1.165) is 17.0 Å². The van der Waals surface area contributed by atoms with E-state index in [1.54, 1.807) is 0 Å². The summed E-state index contributed by atoms with van der Waals surface area (Å²) in [5, 5.41) is 4.28. The summed E-state index contributed by atoms with van der Waals surface area (Å²) in [6, 6.07) is 9.44. The lowest BCUT2D eigenvalue weighted by molar-refractivity contribution is 0.291. The zero-order valence-electron chi connectivity index (χ0n) is 10.2. The Labute approximate surface area is 111 Å². The summed E-state index contributed by atoms with van der Waals surface area (Å²) < 4.78 is 7.49. The van der Waals surface area contributed by atoms with Gasteiger partial charge in [-0.05, 0) is 25.1 Å². The molecule has 0 bridgehead atoms. The third kappa shape index (κ3) is 3.30. The van der Waals surface area contributed by atoms with Gasteiger partial charge >= 0.3 is 0 Å². The third-order valence-corrected chi connectivity index (χ3v) is 2.72. The monoisotopic (exact) mass is 261 g/mol. The molecule has 0 aliphatic carbocycles. The molecule has 2 rings (SSSR count). The Morgan fingerprint density at radius 1 is 1.44 bits per heavy atom. The van der Waals surface area contributed by atoms with Gasteiger partial charge in [-0.3, -0.25) is 4.68 Å². The van der Waals surface area contributed by atoms with Gasteiger partial charge in [0.05, 0.1) is 12.2 Å². The summed E-state index contributed by atoms with van der Waals surface area (Å²) in [4.78, 5) is 0.378. The number of rotatable bonds is 5. The van der Waals surface area contributed by atoms with Crippen LogP contribution in [0.2, 0.25) is 0 Å². The highest BCUT2D eigenvalue weighted by Gasteiger charge is 2.00. The molecule has 0 radical (unpaired) electrons. The molecule has 1 heterocycles. The van der Waals surface area contributed by atoms with Gasteiger partial charge < -0.3 is 10.5 Å². The van der Waals surface area contributed by atoms with Crippen LogP contribution in [-0.4, -0.2) is 21.4 Å². The number of hydrogen-bond donors (Lipinski definition) is 1. The summed E-state index contributed by atoms with van der Waals surface area (Å²) in [5.41, 5.74) is 7.39. The molecule has 0 aliphatic rings. The van der Waals surface area contributed by atoms with Crippen molar-refractivity contribution in [3.05, 3.63) is 47.8 Å². The molecule has 0 saturated carbocycles.